The van der Waals surface area contributed by atoms with Crippen LogP contribution in [0.4, 0.5) is 0 Å². The SMILES string of the molecule is O=C(/C=C/CCC[C@@H](O)c1ccc(OCCO)cc1)NO. The molecule has 116 valence electrons. The lowest BCUT2D eigenvalue weighted by Crippen LogP contribution is -2.14. The minimum atomic E-state index is -0.572. The van der Waals surface area contributed by atoms with Gasteiger partial charge in [0.15, 0.2) is 0 Å². The van der Waals surface area contributed by atoms with Crippen molar-refractivity contribution >= 4 is 5.91 Å². The van der Waals surface area contributed by atoms with Crippen LogP contribution >= 0.6 is 0 Å². The van der Waals surface area contributed by atoms with E-state index in [2.05, 4.69) is 0 Å². The molecule has 0 saturated heterocycles. The highest BCUT2D eigenvalue weighted by Crippen LogP contribution is 2.22. The Balaban J connectivity index is 2.33. The van der Waals surface area contributed by atoms with Crippen LogP contribution in [0.3, 0.4) is 0 Å². The van der Waals surface area contributed by atoms with Gasteiger partial charge in [0.05, 0.1) is 12.7 Å². The molecule has 1 aromatic rings. The monoisotopic (exact) mass is 295 g/mol. The summed E-state index contributed by atoms with van der Waals surface area (Å²) < 4.78 is 5.24. The summed E-state index contributed by atoms with van der Waals surface area (Å²) in [6.45, 7) is 0.210. The number of aliphatic hydroxyl groups is 2. The molecule has 6 heteroatoms. The summed E-state index contributed by atoms with van der Waals surface area (Å²) in [5.41, 5.74) is 2.30. The molecule has 0 bridgehead atoms. The summed E-state index contributed by atoms with van der Waals surface area (Å²) in [4.78, 5) is 10.7. The predicted molar refractivity (Wildman–Crippen MR) is 76.9 cm³/mol. The van der Waals surface area contributed by atoms with Crippen molar-refractivity contribution in [3.05, 3.63) is 42.0 Å². The summed E-state index contributed by atoms with van der Waals surface area (Å²) in [5, 5.41) is 27.0. The molecule has 0 unspecified atom stereocenters. The van der Waals surface area contributed by atoms with Crippen molar-refractivity contribution in [3.63, 3.8) is 0 Å². The molecule has 0 saturated carbocycles. The van der Waals surface area contributed by atoms with Gasteiger partial charge < -0.3 is 14.9 Å². The van der Waals surface area contributed by atoms with Crippen LogP contribution in [0.1, 0.15) is 30.9 Å². The Morgan fingerprint density at radius 3 is 2.67 bits per heavy atom. The smallest absolute Gasteiger partial charge is 0.267 e. The molecule has 21 heavy (non-hydrogen) atoms. The van der Waals surface area contributed by atoms with Gasteiger partial charge in [0.25, 0.3) is 5.91 Å². The molecule has 1 rings (SSSR count). The van der Waals surface area contributed by atoms with Gasteiger partial charge in [-0.1, -0.05) is 18.2 Å². The molecule has 0 aliphatic carbocycles. The Labute approximate surface area is 123 Å². The third-order valence-electron chi connectivity index (χ3n) is 2.85. The lowest BCUT2D eigenvalue weighted by Gasteiger charge is -2.11. The molecule has 1 amide bonds. The fourth-order valence-electron chi connectivity index (χ4n) is 1.77. The molecule has 0 aliphatic heterocycles. The van der Waals surface area contributed by atoms with Crippen LogP contribution in [0.5, 0.6) is 5.75 Å². The van der Waals surface area contributed by atoms with Gasteiger partial charge in [0, 0.05) is 6.08 Å². The van der Waals surface area contributed by atoms with E-state index < -0.39 is 12.0 Å². The molecule has 1 aromatic carbocycles. The number of amides is 1. The lowest BCUT2D eigenvalue weighted by molar-refractivity contribution is -0.124. The number of hydrogen-bond donors (Lipinski definition) is 4. The first-order valence-corrected chi connectivity index (χ1v) is 6.79. The lowest BCUT2D eigenvalue weighted by atomic mass is 10.0. The second-order valence-electron chi connectivity index (χ2n) is 4.47. The summed E-state index contributed by atoms with van der Waals surface area (Å²) in [6, 6.07) is 7.07. The van der Waals surface area contributed by atoms with Crippen LogP contribution in [0.2, 0.25) is 0 Å². The first kappa shape index (κ1) is 17.2. The zero-order chi connectivity index (χ0) is 15.5. The fourth-order valence-corrected chi connectivity index (χ4v) is 1.77. The Morgan fingerprint density at radius 2 is 2.05 bits per heavy atom. The average molecular weight is 295 g/mol. The number of carbonyl (C=O) groups excluding carboxylic acids is 1. The second-order valence-corrected chi connectivity index (χ2v) is 4.47. The summed E-state index contributed by atoms with van der Waals surface area (Å²) in [7, 11) is 0. The van der Waals surface area contributed by atoms with Crippen LogP contribution in [-0.2, 0) is 4.79 Å². The maximum absolute atomic E-state index is 10.7. The van der Waals surface area contributed by atoms with Crippen molar-refractivity contribution in [1.29, 1.82) is 0 Å². The van der Waals surface area contributed by atoms with Gasteiger partial charge in [-0.3, -0.25) is 10.0 Å². The molecule has 0 heterocycles. The van der Waals surface area contributed by atoms with Crippen molar-refractivity contribution in [2.24, 2.45) is 0 Å². The Hall–Kier alpha value is -1.89. The molecule has 6 nitrogen and oxygen atoms in total. The number of aliphatic hydroxyl groups excluding tert-OH is 2. The highest BCUT2D eigenvalue weighted by Gasteiger charge is 2.07. The highest BCUT2D eigenvalue weighted by atomic mass is 16.5. The Bertz CT molecular complexity index is 444. The number of hydroxylamine groups is 1. The van der Waals surface area contributed by atoms with E-state index in [1.807, 2.05) is 0 Å². The largest absolute Gasteiger partial charge is 0.491 e. The van der Waals surface area contributed by atoms with Crippen LogP contribution in [0.25, 0.3) is 0 Å². The molecule has 4 N–H and O–H groups in total. The van der Waals surface area contributed by atoms with Crippen molar-refractivity contribution < 1.29 is 25.0 Å². The molecular weight excluding hydrogens is 274 g/mol. The van der Waals surface area contributed by atoms with Gasteiger partial charge in [-0.15, -0.1) is 0 Å². The summed E-state index contributed by atoms with van der Waals surface area (Å²) in [6.07, 6.45) is 4.25. The van der Waals surface area contributed by atoms with E-state index in [1.165, 1.54) is 11.6 Å². The number of ether oxygens (including phenoxy) is 1. The molecule has 0 radical (unpaired) electrons. The minimum Gasteiger partial charge on any atom is -0.491 e. The van der Waals surface area contributed by atoms with Gasteiger partial charge >= 0.3 is 0 Å². The summed E-state index contributed by atoms with van der Waals surface area (Å²) in [5.74, 6) is 0.0898. The quantitative estimate of drug-likeness (QED) is 0.238. The standard InChI is InChI=1S/C15H21NO5/c17-10-11-21-13-8-6-12(7-9-13)14(18)4-2-1-3-5-15(19)16-20/h3,5-9,14,17-18,20H,1-2,4,10-11H2,(H,16,19)/b5-3+/t14-/m1/s1. The second kappa shape index (κ2) is 9.93. The van der Waals surface area contributed by atoms with Gasteiger partial charge in [-0.05, 0) is 37.0 Å². The third-order valence-corrected chi connectivity index (χ3v) is 2.85. The first-order valence-electron chi connectivity index (χ1n) is 6.79. The fraction of sp³-hybridized carbons (Fsp3) is 0.400. The van der Waals surface area contributed by atoms with Crippen LogP contribution in [0.15, 0.2) is 36.4 Å². The maximum atomic E-state index is 10.7. The number of benzene rings is 1. The van der Waals surface area contributed by atoms with E-state index in [-0.39, 0.29) is 13.2 Å². The normalized spacial score (nSPS) is 12.3. The van der Waals surface area contributed by atoms with Crippen molar-refractivity contribution in [1.82, 2.24) is 5.48 Å². The summed E-state index contributed by atoms with van der Waals surface area (Å²) >= 11 is 0. The Morgan fingerprint density at radius 1 is 1.33 bits per heavy atom. The topological polar surface area (TPSA) is 99.0 Å². The third kappa shape index (κ3) is 6.89. The van der Waals surface area contributed by atoms with Crippen LogP contribution in [0, 0.1) is 0 Å². The number of carbonyl (C=O) groups is 1. The van der Waals surface area contributed by atoms with E-state index >= 15 is 0 Å². The number of unbranched alkanes of at least 4 members (excludes halogenated alkanes) is 1. The predicted octanol–water partition coefficient (Wildman–Crippen LogP) is 1.32. The number of rotatable bonds is 9. The molecular formula is C15H21NO5. The molecule has 0 fully saturated rings. The van der Waals surface area contributed by atoms with E-state index in [0.717, 1.165) is 12.0 Å². The van der Waals surface area contributed by atoms with Gasteiger partial charge in [0.1, 0.15) is 12.4 Å². The molecule has 0 aromatic heterocycles. The molecule has 0 spiro atoms. The average Bonchev–Trinajstić information content (AvgIpc) is 2.52. The maximum Gasteiger partial charge on any atom is 0.267 e. The zero-order valence-corrected chi connectivity index (χ0v) is 11.7. The minimum absolute atomic E-state index is 0.0355. The number of allylic oxidation sites excluding steroid dienone is 1. The van der Waals surface area contributed by atoms with E-state index in [4.69, 9.17) is 15.1 Å². The van der Waals surface area contributed by atoms with Crippen molar-refractivity contribution in [2.45, 2.75) is 25.4 Å². The Kier molecular flexibility index (Phi) is 8.11. The van der Waals surface area contributed by atoms with Gasteiger partial charge in [0.2, 0.25) is 0 Å². The number of nitrogens with one attached hydrogen (secondary N) is 1. The number of hydrogen-bond acceptors (Lipinski definition) is 5. The van der Waals surface area contributed by atoms with Crippen molar-refractivity contribution in [2.75, 3.05) is 13.2 Å². The zero-order valence-electron chi connectivity index (χ0n) is 11.7. The molecule has 1 atom stereocenters. The highest BCUT2D eigenvalue weighted by molar-refractivity contribution is 5.86. The van der Waals surface area contributed by atoms with E-state index in [9.17, 15) is 9.90 Å². The first-order chi connectivity index (χ1) is 10.2. The van der Waals surface area contributed by atoms with E-state index in [0.29, 0.717) is 18.6 Å². The van der Waals surface area contributed by atoms with Gasteiger partial charge in [-0.2, -0.15) is 0 Å². The van der Waals surface area contributed by atoms with Crippen LogP contribution in [-0.4, -0.2) is 34.5 Å². The van der Waals surface area contributed by atoms with Crippen molar-refractivity contribution in [3.8, 4) is 5.75 Å². The molecule has 0 aliphatic rings. The van der Waals surface area contributed by atoms with E-state index in [1.54, 1.807) is 30.3 Å². The van der Waals surface area contributed by atoms with Crippen LogP contribution < -0.4 is 10.2 Å². The van der Waals surface area contributed by atoms with Gasteiger partial charge in [-0.25, -0.2) is 5.48 Å².